The summed E-state index contributed by atoms with van der Waals surface area (Å²) in [6, 6.07) is 77.2. The monoisotopic (exact) mass is 814 g/mol. The molecule has 0 N–H and O–H groups in total. The van der Waals surface area contributed by atoms with Crippen LogP contribution in [0.15, 0.2) is 206 Å². The molecule has 4 saturated carbocycles. The van der Waals surface area contributed by atoms with Gasteiger partial charge >= 0.3 is 0 Å². The predicted molar refractivity (Wildman–Crippen MR) is 263 cm³/mol. The van der Waals surface area contributed by atoms with Gasteiger partial charge in [0.15, 0.2) is 0 Å². The zero-order chi connectivity index (χ0) is 42.1. The molecule has 308 valence electrons. The maximum absolute atomic E-state index is 2.51. The lowest BCUT2D eigenvalue weighted by Crippen LogP contribution is -2.56. The predicted octanol–water partition coefficient (Wildman–Crippen LogP) is 16.3. The Hall–Kier alpha value is -6.64. The number of benzene rings is 8. The van der Waals surface area contributed by atoms with E-state index in [4.69, 9.17) is 0 Å². The van der Waals surface area contributed by atoms with Gasteiger partial charge in [-0.1, -0.05) is 141 Å². The molecule has 5 aliphatic rings. The van der Waals surface area contributed by atoms with Gasteiger partial charge in [-0.05, 0) is 179 Å². The average molecular weight is 815 g/mol. The van der Waals surface area contributed by atoms with Crippen LogP contribution in [0.2, 0.25) is 0 Å². The van der Waals surface area contributed by atoms with Gasteiger partial charge in [0.2, 0.25) is 0 Å². The molecule has 0 atom stereocenters. The maximum Gasteiger partial charge on any atom is 0.0465 e. The van der Waals surface area contributed by atoms with E-state index in [9.17, 15) is 0 Å². The van der Waals surface area contributed by atoms with Crippen LogP contribution in [0.5, 0.6) is 0 Å². The molecule has 0 aromatic heterocycles. The van der Waals surface area contributed by atoms with E-state index in [-0.39, 0.29) is 10.8 Å². The van der Waals surface area contributed by atoms with Gasteiger partial charge in [0.05, 0.1) is 0 Å². The third kappa shape index (κ3) is 6.21. The van der Waals surface area contributed by atoms with Gasteiger partial charge in [-0.15, -0.1) is 0 Å². The average Bonchev–Trinajstić information content (AvgIpc) is 3.56. The van der Waals surface area contributed by atoms with E-state index >= 15 is 0 Å². The molecule has 0 unspecified atom stereocenters. The van der Waals surface area contributed by atoms with Crippen molar-refractivity contribution in [1.29, 1.82) is 0 Å². The topological polar surface area (TPSA) is 6.48 Å². The van der Waals surface area contributed by atoms with Crippen molar-refractivity contribution in [2.75, 3.05) is 9.80 Å². The quantitative estimate of drug-likeness (QED) is 0.143. The molecule has 0 spiro atoms. The molecule has 0 radical (unpaired) electrons. The van der Waals surface area contributed by atoms with Gasteiger partial charge in [0.1, 0.15) is 0 Å². The van der Waals surface area contributed by atoms with Crippen molar-refractivity contribution >= 4 is 34.1 Å². The number of hydrogen-bond donors (Lipinski definition) is 0. The highest BCUT2D eigenvalue weighted by Gasteiger charge is 2.58. The van der Waals surface area contributed by atoms with Crippen LogP contribution in [-0.2, 0) is 10.8 Å². The highest BCUT2D eigenvalue weighted by molar-refractivity contribution is 5.87. The summed E-state index contributed by atoms with van der Waals surface area (Å²) < 4.78 is 0. The Morgan fingerprint density at radius 3 is 1.21 bits per heavy atom. The van der Waals surface area contributed by atoms with Gasteiger partial charge in [0, 0.05) is 45.0 Å². The number of hydrogen-bond acceptors (Lipinski definition) is 2. The summed E-state index contributed by atoms with van der Waals surface area (Å²) in [5, 5.41) is 0. The van der Waals surface area contributed by atoms with Crippen molar-refractivity contribution in [3.8, 4) is 22.3 Å². The number of nitrogens with zero attached hydrogens (tertiary/aromatic N) is 2. The third-order valence-corrected chi connectivity index (χ3v) is 15.7. The molecule has 63 heavy (non-hydrogen) atoms. The number of fused-ring (bicyclic) bond motifs is 3. The molecule has 13 rings (SSSR count). The Morgan fingerprint density at radius 2 is 0.730 bits per heavy atom. The smallest absolute Gasteiger partial charge is 0.0465 e. The Bertz CT molecular complexity index is 2830. The van der Waals surface area contributed by atoms with Crippen molar-refractivity contribution in [1.82, 2.24) is 0 Å². The third-order valence-electron chi connectivity index (χ3n) is 15.7. The summed E-state index contributed by atoms with van der Waals surface area (Å²) in [5.74, 6) is 3.05. The maximum atomic E-state index is 2.51. The SMILES string of the molecule is CC1(C)c2cc(-c3ccccc3)ccc2-c2ccc(N(c3ccccc3)c3ccc(C4(c5ccc(N(c6ccccc6)c6ccccc6)cc5)C5CC6CC(C5)CC4C6)cc3)cc21. The molecule has 8 aromatic carbocycles. The first-order chi connectivity index (χ1) is 30.9. The van der Waals surface area contributed by atoms with Crippen molar-refractivity contribution in [3.05, 3.63) is 229 Å². The van der Waals surface area contributed by atoms with Crippen LogP contribution in [0, 0.1) is 23.7 Å². The van der Waals surface area contributed by atoms with Crippen LogP contribution >= 0.6 is 0 Å². The van der Waals surface area contributed by atoms with Crippen LogP contribution in [0.25, 0.3) is 22.3 Å². The van der Waals surface area contributed by atoms with Crippen LogP contribution in [0.1, 0.15) is 68.2 Å². The Labute approximate surface area is 373 Å². The molecule has 0 heterocycles. The second-order valence-electron chi connectivity index (χ2n) is 19.4. The minimum Gasteiger partial charge on any atom is -0.311 e. The van der Waals surface area contributed by atoms with Crippen LogP contribution < -0.4 is 9.80 Å². The molecule has 5 aliphatic carbocycles. The minimum absolute atomic E-state index is 0.00560. The first-order valence-electron chi connectivity index (χ1n) is 23.3. The highest BCUT2D eigenvalue weighted by Crippen LogP contribution is 2.65. The summed E-state index contributed by atoms with van der Waals surface area (Å²) >= 11 is 0. The molecule has 0 aliphatic heterocycles. The summed E-state index contributed by atoms with van der Waals surface area (Å²) in [7, 11) is 0. The van der Waals surface area contributed by atoms with Crippen LogP contribution in [0.3, 0.4) is 0 Å². The van der Waals surface area contributed by atoms with E-state index in [0.717, 1.165) is 11.8 Å². The van der Waals surface area contributed by atoms with Crippen molar-refractivity contribution in [3.63, 3.8) is 0 Å². The summed E-state index contributed by atoms with van der Waals surface area (Å²) in [4.78, 5) is 4.86. The molecule has 2 nitrogen and oxygen atoms in total. The number of rotatable bonds is 9. The number of anilines is 6. The lowest BCUT2D eigenvalue weighted by molar-refractivity contribution is -0.0418. The van der Waals surface area contributed by atoms with E-state index in [1.807, 2.05) is 0 Å². The van der Waals surface area contributed by atoms with E-state index in [1.54, 1.807) is 0 Å². The van der Waals surface area contributed by atoms with Crippen molar-refractivity contribution in [2.45, 2.75) is 56.8 Å². The lowest BCUT2D eigenvalue weighted by Gasteiger charge is -2.62. The fraction of sp³-hybridized carbons (Fsp3) is 0.213. The van der Waals surface area contributed by atoms with E-state index in [2.05, 4.69) is 230 Å². The molecule has 0 saturated heterocycles. The normalized spacial score (nSPS) is 22.3. The van der Waals surface area contributed by atoms with Gasteiger partial charge in [-0.25, -0.2) is 0 Å². The fourth-order valence-electron chi connectivity index (χ4n) is 13.1. The van der Waals surface area contributed by atoms with E-state index < -0.39 is 0 Å². The van der Waals surface area contributed by atoms with Crippen LogP contribution in [-0.4, -0.2) is 0 Å². The molecule has 4 fully saturated rings. The Balaban J connectivity index is 0.933. The summed E-state index contributed by atoms with van der Waals surface area (Å²) in [6.07, 6.45) is 6.80. The van der Waals surface area contributed by atoms with Gasteiger partial charge < -0.3 is 9.80 Å². The molecular weight excluding hydrogens is 761 g/mol. The van der Waals surface area contributed by atoms with Crippen LogP contribution in [0.4, 0.5) is 34.1 Å². The van der Waals surface area contributed by atoms with Gasteiger partial charge in [-0.2, -0.15) is 0 Å². The standard InChI is InChI=1S/C61H54N2/c1-60(2)58-40-45(44-15-7-3-8-16-44)23-33-56(58)57-34-32-55(41-59(57)60)63(52-21-13-6-14-22-52)54-30-26-47(27-31-54)61(48-36-42-35-43(38-48)39-49(61)37-42)46-24-28-53(29-25-46)62(50-17-9-4-10-18-50)51-19-11-5-12-20-51/h3-34,40-43,48-49H,35-39H2,1-2H3. The Morgan fingerprint density at radius 1 is 0.349 bits per heavy atom. The van der Waals surface area contributed by atoms with Gasteiger partial charge in [0.25, 0.3) is 0 Å². The molecule has 4 bridgehead atoms. The fourth-order valence-corrected chi connectivity index (χ4v) is 13.1. The zero-order valence-corrected chi connectivity index (χ0v) is 36.4. The minimum atomic E-state index is -0.141. The van der Waals surface area contributed by atoms with E-state index in [0.29, 0.717) is 11.8 Å². The first kappa shape index (κ1) is 38.1. The Kier molecular flexibility index (Phi) is 9.08. The van der Waals surface area contributed by atoms with E-state index in [1.165, 1.54) is 111 Å². The number of para-hydroxylation sites is 3. The summed E-state index contributed by atoms with van der Waals surface area (Å²) in [5.41, 5.74) is 17.9. The molecule has 2 heteroatoms. The molecule has 0 amide bonds. The van der Waals surface area contributed by atoms with Crippen molar-refractivity contribution in [2.24, 2.45) is 23.7 Å². The highest BCUT2D eigenvalue weighted by atomic mass is 15.1. The largest absolute Gasteiger partial charge is 0.311 e. The second-order valence-corrected chi connectivity index (χ2v) is 19.4. The first-order valence-corrected chi connectivity index (χ1v) is 23.3. The second kappa shape index (κ2) is 15.0. The zero-order valence-electron chi connectivity index (χ0n) is 36.4. The molecule has 8 aromatic rings. The summed E-state index contributed by atoms with van der Waals surface area (Å²) in [6.45, 7) is 4.80. The van der Waals surface area contributed by atoms with Crippen molar-refractivity contribution < 1.29 is 0 Å². The molecular formula is C61H54N2. The van der Waals surface area contributed by atoms with Gasteiger partial charge in [-0.3, -0.25) is 0 Å². The lowest BCUT2D eigenvalue weighted by atomic mass is 9.42.